The van der Waals surface area contributed by atoms with E-state index in [-0.39, 0.29) is 29.8 Å². The molecule has 2 aliphatic rings. The molecule has 3 rings (SSSR count). The van der Waals surface area contributed by atoms with E-state index in [0.29, 0.717) is 12.0 Å². The maximum atomic E-state index is 14.2. The quantitative estimate of drug-likeness (QED) is 0.754. The molecule has 0 unspecified atom stereocenters. The van der Waals surface area contributed by atoms with Crippen LogP contribution in [0.15, 0.2) is 18.2 Å². The molecule has 29 heavy (non-hydrogen) atoms. The predicted molar refractivity (Wildman–Crippen MR) is 114 cm³/mol. The lowest BCUT2D eigenvalue weighted by molar-refractivity contribution is -0.126. The van der Waals surface area contributed by atoms with Gasteiger partial charge in [-0.2, -0.15) is 0 Å². The van der Waals surface area contributed by atoms with Gasteiger partial charge in [0.05, 0.1) is 6.04 Å². The van der Waals surface area contributed by atoms with Gasteiger partial charge in [0.15, 0.2) is 0 Å². The van der Waals surface area contributed by atoms with E-state index in [1.807, 2.05) is 13.0 Å². The maximum Gasteiger partial charge on any atom is 0.246 e. The molecule has 1 saturated heterocycles. The maximum absolute atomic E-state index is 14.2. The summed E-state index contributed by atoms with van der Waals surface area (Å²) in [7, 11) is 0. The molecular formula is C24H37FN2O2. The van der Waals surface area contributed by atoms with Crippen molar-refractivity contribution in [1.82, 2.24) is 10.2 Å². The first-order valence-corrected chi connectivity index (χ1v) is 11.1. The summed E-state index contributed by atoms with van der Waals surface area (Å²) < 4.78 is 19.4. The fraction of sp³-hybridized carbons (Fsp3) is 0.708. The van der Waals surface area contributed by atoms with E-state index < -0.39 is 0 Å². The topological polar surface area (TPSA) is 41.6 Å². The van der Waals surface area contributed by atoms with Crippen LogP contribution in [0.5, 0.6) is 0 Å². The number of amides is 1. The van der Waals surface area contributed by atoms with E-state index in [4.69, 9.17) is 4.74 Å². The number of nitrogens with one attached hydrogen (secondary N) is 1. The summed E-state index contributed by atoms with van der Waals surface area (Å²) >= 11 is 0. The summed E-state index contributed by atoms with van der Waals surface area (Å²) in [4.78, 5) is 14.8. The number of hydrogen-bond donors (Lipinski definition) is 1. The molecule has 0 bridgehead atoms. The van der Waals surface area contributed by atoms with Crippen molar-refractivity contribution in [3.63, 3.8) is 0 Å². The Bertz CT molecular complexity index is 705. The van der Waals surface area contributed by atoms with Crippen LogP contribution >= 0.6 is 0 Å². The molecule has 1 fully saturated rings. The Hall–Kier alpha value is -1.46. The Balaban J connectivity index is 1.72. The Morgan fingerprint density at radius 3 is 2.66 bits per heavy atom. The van der Waals surface area contributed by atoms with Gasteiger partial charge in [0.25, 0.3) is 0 Å². The number of carbonyl (C=O) groups is 1. The molecule has 1 amide bonds. The molecule has 1 N–H and O–H groups in total. The minimum absolute atomic E-state index is 0.0385. The number of piperidine rings is 1. The van der Waals surface area contributed by atoms with E-state index in [9.17, 15) is 9.18 Å². The monoisotopic (exact) mass is 404 g/mol. The summed E-state index contributed by atoms with van der Waals surface area (Å²) in [6, 6.07) is 5.07. The van der Waals surface area contributed by atoms with Crippen LogP contribution in [0.4, 0.5) is 4.39 Å². The lowest BCUT2D eigenvalue weighted by Gasteiger charge is -2.47. The van der Waals surface area contributed by atoms with E-state index in [2.05, 4.69) is 31.0 Å². The molecule has 5 heteroatoms. The standard InChI is InChI=1S/C24H37FN2O2/c1-5-29-17-22(28)26-21-8-9-24(20-16-18(25)6-7-19(20)21)11-14-27(15-12-24)13-10-23(2,3)4/h6-7,16,21H,5,8-15,17H2,1-4H3,(H,26,28)/t21-/m0/s1. The van der Waals surface area contributed by atoms with Gasteiger partial charge in [-0.15, -0.1) is 0 Å². The van der Waals surface area contributed by atoms with Gasteiger partial charge in [0.2, 0.25) is 5.91 Å². The largest absolute Gasteiger partial charge is 0.372 e. The molecule has 0 saturated carbocycles. The number of carbonyl (C=O) groups excluding carboxylic acids is 1. The van der Waals surface area contributed by atoms with E-state index in [1.165, 1.54) is 12.5 Å². The van der Waals surface area contributed by atoms with Crippen molar-refractivity contribution < 1.29 is 13.9 Å². The van der Waals surface area contributed by atoms with E-state index >= 15 is 0 Å². The highest BCUT2D eigenvalue weighted by molar-refractivity contribution is 5.77. The van der Waals surface area contributed by atoms with Crippen molar-refractivity contribution >= 4 is 5.91 Å². The Morgan fingerprint density at radius 2 is 2.00 bits per heavy atom. The molecule has 1 aliphatic carbocycles. The normalized spacial score (nSPS) is 21.8. The number of nitrogens with zero attached hydrogens (tertiary/aromatic N) is 1. The van der Waals surface area contributed by atoms with Gasteiger partial charge in [-0.05, 0) is 92.8 Å². The SMILES string of the molecule is CCOCC(=O)N[C@H]1CCC2(CCN(CCC(C)(C)C)CC2)c2cc(F)ccc21. The molecule has 1 aromatic carbocycles. The summed E-state index contributed by atoms with van der Waals surface area (Å²) in [6.07, 6.45) is 5.22. The van der Waals surface area contributed by atoms with Gasteiger partial charge >= 0.3 is 0 Å². The van der Waals surface area contributed by atoms with Gasteiger partial charge in [-0.1, -0.05) is 26.8 Å². The summed E-state index contributed by atoms with van der Waals surface area (Å²) in [6.45, 7) is 12.6. The molecule has 1 aromatic rings. The third-order valence-electron chi connectivity index (χ3n) is 6.64. The Labute approximate surface area is 175 Å². The van der Waals surface area contributed by atoms with Gasteiger partial charge in [-0.25, -0.2) is 4.39 Å². The van der Waals surface area contributed by atoms with Crippen molar-refractivity contribution in [3.05, 3.63) is 35.1 Å². The van der Waals surface area contributed by atoms with Crippen molar-refractivity contribution in [2.24, 2.45) is 5.41 Å². The fourth-order valence-electron chi connectivity index (χ4n) is 4.80. The van der Waals surface area contributed by atoms with Crippen molar-refractivity contribution in [1.29, 1.82) is 0 Å². The minimum atomic E-state index is -0.181. The van der Waals surface area contributed by atoms with Crippen LogP contribution < -0.4 is 5.32 Å². The number of hydrogen-bond acceptors (Lipinski definition) is 3. The Kier molecular flexibility index (Phi) is 7.00. The fourth-order valence-corrected chi connectivity index (χ4v) is 4.80. The van der Waals surface area contributed by atoms with Crippen LogP contribution in [0.1, 0.15) is 77.0 Å². The lowest BCUT2D eigenvalue weighted by Crippen LogP contribution is -2.47. The minimum Gasteiger partial charge on any atom is -0.372 e. The van der Waals surface area contributed by atoms with Gasteiger partial charge in [0, 0.05) is 6.61 Å². The van der Waals surface area contributed by atoms with Crippen LogP contribution in [0.3, 0.4) is 0 Å². The van der Waals surface area contributed by atoms with Crippen LogP contribution in [-0.4, -0.2) is 43.7 Å². The number of likely N-dealkylation sites (tertiary alicyclic amines) is 1. The first kappa shape index (κ1) is 22.2. The molecule has 1 spiro atoms. The summed E-state index contributed by atoms with van der Waals surface area (Å²) in [5.74, 6) is -0.278. The first-order valence-electron chi connectivity index (χ1n) is 11.1. The van der Waals surface area contributed by atoms with Crippen molar-refractivity contribution in [2.45, 2.75) is 71.3 Å². The number of rotatable bonds is 6. The molecule has 1 atom stereocenters. The van der Waals surface area contributed by atoms with Crippen LogP contribution in [0.25, 0.3) is 0 Å². The second kappa shape index (κ2) is 9.13. The Morgan fingerprint density at radius 1 is 1.28 bits per heavy atom. The number of ether oxygens (including phenoxy) is 1. The second-order valence-corrected chi connectivity index (χ2v) is 9.96. The third-order valence-corrected chi connectivity index (χ3v) is 6.64. The van der Waals surface area contributed by atoms with E-state index in [0.717, 1.165) is 56.4 Å². The second-order valence-electron chi connectivity index (χ2n) is 9.96. The molecular weight excluding hydrogens is 367 g/mol. The highest BCUT2D eigenvalue weighted by Crippen LogP contribution is 2.48. The average Bonchev–Trinajstić information content (AvgIpc) is 2.68. The highest BCUT2D eigenvalue weighted by atomic mass is 19.1. The zero-order valence-electron chi connectivity index (χ0n) is 18.5. The number of halogens is 1. The average molecular weight is 405 g/mol. The molecule has 4 nitrogen and oxygen atoms in total. The zero-order chi connectivity index (χ0) is 21.1. The molecule has 1 aliphatic heterocycles. The summed E-state index contributed by atoms with van der Waals surface area (Å²) in [5, 5.41) is 3.10. The molecule has 0 radical (unpaired) electrons. The van der Waals surface area contributed by atoms with Crippen LogP contribution in [0.2, 0.25) is 0 Å². The lowest BCUT2D eigenvalue weighted by atomic mass is 9.63. The van der Waals surface area contributed by atoms with Gasteiger partial charge in [0.1, 0.15) is 12.4 Å². The molecule has 1 heterocycles. The summed E-state index contributed by atoms with van der Waals surface area (Å²) in [5.41, 5.74) is 2.59. The molecule has 0 aromatic heterocycles. The van der Waals surface area contributed by atoms with Gasteiger partial charge in [-0.3, -0.25) is 4.79 Å². The third kappa shape index (κ3) is 5.58. The molecule has 162 valence electrons. The van der Waals surface area contributed by atoms with Crippen molar-refractivity contribution in [2.75, 3.05) is 32.8 Å². The van der Waals surface area contributed by atoms with Crippen LogP contribution in [-0.2, 0) is 14.9 Å². The smallest absolute Gasteiger partial charge is 0.246 e. The van der Waals surface area contributed by atoms with Crippen LogP contribution in [0, 0.1) is 11.2 Å². The highest BCUT2D eigenvalue weighted by Gasteiger charge is 2.42. The predicted octanol–water partition coefficient (Wildman–Crippen LogP) is 4.58. The van der Waals surface area contributed by atoms with E-state index in [1.54, 1.807) is 6.07 Å². The van der Waals surface area contributed by atoms with Gasteiger partial charge < -0.3 is 15.0 Å². The number of fused-ring (bicyclic) bond motifs is 2. The first-order chi connectivity index (χ1) is 13.7. The number of benzene rings is 1. The van der Waals surface area contributed by atoms with Crippen molar-refractivity contribution in [3.8, 4) is 0 Å². The zero-order valence-corrected chi connectivity index (χ0v) is 18.5.